The van der Waals surface area contributed by atoms with Crippen LogP contribution in [0.15, 0.2) is 54.2 Å². The lowest BCUT2D eigenvalue weighted by molar-refractivity contribution is 0.103. The maximum atomic E-state index is 12.8. The predicted molar refractivity (Wildman–Crippen MR) is 116 cm³/mol. The van der Waals surface area contributed by atoms with Crippen molar-refractivity contribution in [3.63, 3.8) is 0 Å². The number of carbonyl (C=O) groups is 1. The molecular formula is C21H20ClN5OS. The molecule has 0 spiro atoms. The number of thiophene rings is 1. The SMILES string of the molecule is Cc1nn(Cc2ccccc2)c(C)c1NC(=O)c1cc(Cn2cc(Cl)cn2)cs1. The zero-order chi connectivity index (χ0) is 20.4. The molecule has 0 saturated carbocycles. The van der Waals surface area contributed by atoms with Gasteiger partial charge in [-0.3, -0.25) is 14.2 Å². The van der Waals surface area contributed by atoms with Crippen LogP contribution in [-0.4, -0.2) is 25.5 Å². The van der Waals surface area contributed by atoms with Gasteiger partial charge >= 0.3 is 0 Å². The minimum absolute atomic E-state index is 0.134. The molecule has 0 fully saturated rings. The van der Waals surface area contributed by atoms with Crippen LogP contribution < -0.4 is 5.32 Å². The second-order valence-corrected chi connectivity index (χ2v) is 8.17. The molecule has 0 bridgehead atoms. The number of nitrogens with one attached hydrogen (secondary N) is 1. The Bertz CT molecular complexity index is 1150. The first-order chi connectivity index (χ1) is 14.0. The third-order valence-corrected chi connectivity index (χ3v) is 5.79. The van der Waals surface area contributed by atoms with Gasteiger partial charge in [0.2, 0.25) is 0 Å². The smallest absolute Gasteiger partial charge is 0.265 e. The van der Waals surface area contributed by atoms with Gasteiger partial charge in [0.1, 0.15) is 0 Å². The number of anilines is 1. The minimum Gasteiger partial charge on any atom is -0.318 e. The number of carbonyl (C=O) groups excluding carboxylic acids is 1. The van der Waals surface area contributed by atoms with Crippen LogP contribution in [0.1, 0.15) is 32.2 Å². The molecule has 0 radical (unpaired) electrons. The van der Waals surface area contributed by atoms with Crippen LogP contribution in [0, 0.1) is 13.8 Å². The number of amides is 1. The standard InChI is InChI=1S/C21H20ClN5OS/c1-14-20(15(2)27(25-14)11-16-6-4-3-5-7-16)24-21(28)19-8-17(13-29-19)10-26-12-18(22)9-23-26/h3-9,12-13H,10-11H2,1-2H3,(H,24,28). The molecule has 0 saturated heterocycles. The van der Waals surface area contributed by atoms with Crippen molar-refractivity contribution in [3.05, 3.63) is 86.6 Å². The van der Waals surface area contributed by atoms with Gasteiger partial charge < -0.3 is 5.32 Å². The minimum atomic E-state index is -0.134. The first-order valence-corrected chi connectivity index (χ1v) is 10.4. The molecule has 1 amide bonds. The monoisotopic (exact) mass is 425 g/mol. The third kappa shape index (κ3) is 4.41. The molecule has 3 aromatic heterocycles. The Morgan fingerprint density at radius 2 is 1.97 bits per heavy atom. The van der Waals surface area contributed by atoms with E-state index in [4.69, 9.17) is 11.6 Å². The van der Waals surface area contributed by atoms with Crippen LogP contribution in [0.25, 0.3) is 0 Å². The van der Waals surface area contributed by atoms with Crippen LogP contribution in [0.2, 0.25) is 5.02 Å². The highest BCUT2D eigenvalue weighted by Gasteiger charge is 2.17. The van der Waals surface area contributed by atoms with Crippen LogP contribution in [0.3, 0.4) is 0 Å². The number of aryl methyl sites for hydroxylation is 1. The molecule has 4 rings (SSSR count). The van der Waals surface area contributed by atoms with Gasteiger partial charge in [-0.15, -0.1) is 11.3 Å². The summed E-state index contributed by atoms with van der Waals surface area (Å²) in [5.41, 5.74) is 4.67. The number of aromatic nitrogens is 4. The van der Waals surface area contributed by atoms with E-state index in [0.717, 1.165) is 28.2 Å². The highest BCUT2D eigenvalue weighted by Crippen LogP contribution is 2.23. The Hall–Kier alpha value is -2.90. The highest BCUT2D eigenvalue weighted by molar-refractivity contribution is 7.12. The molecule has 29 heavy (non-hydrogen) atoms. The molecule has 8 heteroatoms. The average Bonchev–Trinajstić information content (AvgIpc) is 3.40. The molecule has 0 unspecified atom stereocenters. The van der Waals surface area contributed by atoms with Crippen molar-refractivity contribution in [1.82, 2.24) is 19.6 Å². The van der Waals surface area contributed by atoms with Crippen molar-refractivity contribution in [3.8, 4) is 0 Å². The average molecular weight is 426 g/mol. The summed E-state index contributed by atoms with van der Waals surface area (Å²) in [6.45, 7) is 5.12. The van der Waals surface area contributed by atoms with Crippen molar-refractivity contribution in [2.24, 2.45) is 0 Å². The molecule has 0 aliphatic heterocycles. The van der Waals surface area contributed by atoms with E-state index in [9.17, 15) is 4.79 Å². The summed E-state index contributed by atoms with van der Waals surface area (Å²) >= 11 is 7.31. The molecule has 3 heterocycles. The van der Waals surface area contributed by atoms with Gasteiger partial charge in [-0.05, 0) is 36.4 Å². The van der Waals surface area contributed by atoms with Crippen LogP contribution in [0.5, 0.6) is 0 Å². The number of hydrogen-bond donors (Lipinski definition) is 1. The van der Waals surface area contributed by atoms with Gasteiger partial charge in [-0.25, -0.2) is 0 Å². The molecule has 4 aromatic rings. The number of rotatable bonds is 6. The Morgan fingerprint density at radius 3 is 2.69 bits per heavy atom. The van der Waals surface area contributed by atoms with Gasteiger partial charge in [0.05, 0.1) is 46.3 Å². The largest absolute Gasteiger partial charge is 0.318 e. The predicted octanol–water partition coefficient (Wildman–Crippen LogP) is 4.76. The quantitative estimate of drug-likeness (QED) is 0.484. The number of benzene rings is 1. The van der Waals surface area contributed by atoms with Crippen molar-refractivity contribution < 1.29 is 4.79 Å². The Kier molecular flexibility index (Phi) is 5.51. The molecule has 6 nitrogen and oxygen atoms in total. The maximum Gasteiger partial charge on any atom is 0.265 e. The summed E-state index contributed by atoms with van der Waals surface area (Å²) in [5, 5.41) is 14.4. The number of halogens is 1. The normalized spacial score (nSPS) is 11.0. The fraction of sp³-hybridized carbons (Fsp3) is 0.190. The van der Waals surface area contributed by atoms with Crippen molar-refractivity contribution in [1.29, 1.82) is 0 Å². The number of nitrogens with zero attached hydrogens (tertiary/aromatic N) is 4. The zero-order valence-electron chi connectivity index (χ0n) is 16.1. The summed E-state index contributed by atoms with van der Waals surface area (Å²) < 4.78 is 3.66. The molecular weight excluding hydrogens is 406 g/mol. The van der Waals surface area contributed by atoms with E-state index >= 15 is 0 Å². The van der Waals surface area contributed by atoms with Crippen LogP contribution >= 0.6 is 22.9 Å². The van der Waals surface area contributed by atoms with Gasteiger partial charge in [-0.1, -0.05) is 41.9 Å². The molecule has 1 N–H and O–H groups in total. The van der Waals surface area contributed by atoms with E-state index in [-0.39, 0.29) is 5.91 Å². The molecule has 0 aliphatic carbocycles. The van der Waals surface area contributed by atoms with Crippen molar-refractivity contribution in [2.45, 2.75) is 26.9 Å². The first-order valence-electron chi connectivity index (χ1n) is 9.14. The van der Waals surface area contributed by atoms with Gasteiger partial charge in [0.15, 0.2) is 0 Å². The van der Waals surface area contributed by atoms with E-state index in [1.54, 1.807) is 17.1 Å². The Balaban J connectivity index is 1.47. The molecule has 148 valence electrons. The molecule has 1 aromatic carbocycles. The first kappa shape index (κ1) is 19.4. The van der Waals surface area contributed by atoms with Crippen molar-refractivity contribution >= 4 is 34.5 Å². The summed E-state index contributed by atoms with van der Waals surface area (Å²) in [7, 11) is 0. The molecule has 0 aliphatic rings. The van der Waals surface area contributed by atoms with Gasteiger partial charge in [0, 0.05) is 6.20 Å². The fourth-order valence-electron chi connectivity index (χ4n) is 3.15. The lowest BCUT2D eigenvalue weighted by Crippen LogP contribution is -2.12. The summed E-state index contributed by atoms with van der Waals surface area (Å²) in [6.07, 6.45) is 3.35. The third-order valence-electron chi connectivity index (χ3n) is 4.62. The molecule has 0 atom stereocenters. The highest BCUT2D eigenvalue weighted by atomic mass is 35.5. The summed E-state index contributed by atoms with van der Waals surface area (Å²) in [5.74, 6) is -0.134. The van der Waals surface area contributed by atoms with E-state index in [0.29, 0.717) is 23.0 Å². The van der Waals surface area contributed by atoms with E-state index in [1.807, 2.05) is 48.2 Å². The van der Waals surface area contributed by atoms with Crippen LogP contribution in [-0.2, 0) is 13.1 Å². The lowest BCUT2D eigenvalue weighted by Gasteiger charge is -2.06. The zero-order valence-corrected chi connectivity index (χ0v) is 17.7. The van der Waals surface area contributed by atoms with E-state index < -0.39 is 0 Å². The van der Waals surface area contributed by atoms with E-state index in [1.165, 1.54) is 11.3 Å². The van der Waals surface area contributed by atoms with Gasteiger partial charge in [0.25, 0.3) is 5.91 Å². The van der Waals surface area contributed by atoms with E-state index in [2.05, 4.69) is 27.6 Å². The van der Waals surface area contributed by atoms with Crippen molar-refractivity contribution in [2.75, 3.05) is 5.32 Å². The summed E-state index contributed by atoms with van der Waals surface area (Å²) in [6, 6.07) is 12.0. The fourth-order valence-corrected chi connectivity index (χ4v) is 4.11. The topological polar surface area (TPSA) is 64.7 Å². The Labute approximate surface area is 177 Å². The van der Waals surface area contributed by atoms with Gasteiger partial charge in [-0.2, -0.15) is 10.2 Å². The Morgan fingerprint density at radius 1 is 1.17 bits per heavy atom. The summed E-state index contributed by atoms with van der Waals surface area (Å²) in [4.78, 5) is 13.4. The second kappa shape index (κ2) is 8.23. The lowest BCUT2D eigenvalue weighted by atomic mass is 10.2. The maximum absolute atomic E-state index is 12.8. The van der Waals surface area contributed by atoms with Crippen LogP contribution in [0.4, 0.5) is 5.69 Å². The number of hydrogen-bond acceptors (Lipinski definition) is 4. The second-order valence-electron chi connectivity index (χ2n) is 6.82.